The molecule has 0 atom stereocenters. The largest absolute Gasteiger partial charge is 0.496 e. The Morgan fingerprint density at radius 2 is 1.93 bits per heavy atom. The van der Waals surface area contributed by atoms with E-state index in [1.165, 1.54) is 19.4 Å². The van der Waals surface area contributed by atoms with Gasteiger partial charge in [0, 0.05) is 18.8 Å². The van der Waals surface area contributed by atoms with Gasteiger partial charge in [-0.3, -0.25) is 9.59 Å². The minimum absolute atomic E-state index is 0.0822. The first-order valence-electron chi connectivity index (χ1n) is 8.84. The van der Waals surface area contributed by atoms with Gasteiger partial charge in [0.05, 0.1) is 19.1 Å². The van der Waals surface area contributed by atoms with Crippen LogP contribution in [0, 0.1) is 5.41 Å². The van der Waals surface area contributed by atoms with Crippen LogP contribution in [-0.4, -0.2) is 48.7 Å². The third kappa shape index (κ3) is 5.18. The first kappa shape index (κ1) is 20.7. The predicted molar refractivity (Wildman–Crippen MR) is 96.6 cm³/mol. The van der Waals surface area contributed by atoms with E-state index in [1.807, 2.05) is 0 Å². The number of rotatable bonds is 7. The fraction of sp³-hybridized carbons (Fsp3) is 0.579. The molecule has 1 aromatic rings. The summed E-state index contributed by atoms with van der Waals surface area (Å²) in [5.41, 5.74) is -1.08. The molecule has 0 unspecified atom stereocenters. The molecule has 1 aliphatic carbocycles. The van der Waals surface area contributed by atoms with E-state index < -0.39 is 22.9 Å². The van der Waals surface area contributed by atoms with Crippen LogP contribution in [0.5, 0.6) is 5.75 Å². The number of esters is 2. The van der Waals surface area contributed by atoms with Crippen molar-refractivity contribution in [1.29, 1.82) is 0 Å². The number of methoxy groups -OCH3 is 1. The third-order valence-corrected chi connectivity index (χ3v) is 4.09. The van der Waals surface area contributed by atoms with Gasteiger partial charge in [0.2, 0.25) is 0 Å². The molecule has 0 aromatic carbocycles. The summed E-state index contributed by atoms with van der Waals surface area (Å²) < 4.78 is 15.6. The molecular formula is C19H26N2O6. The van der Waals surface area contributed by atoms with Crippen LogP contribution in [0.2, 0.25) is 0 Å². The van der Waals surface area contributed by atoms with Crippen LogP contribution in [0.3, 0.4) is 0 Å². The van der Waals surface area contributed by atoms with Crippen molar-refractivity contribution in [2.45, 2.75) is 46.1 Å². The molecule has 8 nitrogen and oxygen atoms in total. The number of ether oxygens (including phenoxy) is 3. The quantitative estimate of drug-likeness (QED) is 0.725. The van der Waals surface area contributed by atoms with Crippen molar-refractivity contribution in [3.63, 3.8) is 0 Å². The van der Waals surface area contributed by atoms with Gasteiger partial charge in [-0.2, -0.15) is 0 Å². The summed E-state index contributed by atoms with van der Waals surface area (Å²) in [5.74, 6) is -1.15. The monoisotopic (exact) mass is 378 g/mol. The number of nitrogens with one attached hydrogen (secondary N) is 1. The van der Waals surface area contributed by atoms with Gasteiger partial charge in [0.25, 0.3) is 5.91 Å². The molecule has 0 radical (unpaired) electrons. The number of aromatic nitrogens is 1. The molecule has 2 rings (SSSR count). The molecule has 1 amide bonds. The van der Waals surface area contributed by atoms with Crippen LogP contribution in [0.15, 0.2) is 12.3 Å². The first-order chi connectivity index (χ1) is 12.6. The van der Waals surface area contributed by atoms with E-state index in [1.54, 1.807) is 27.7 Å². The molecule has 8 heteroatoms. The van der Waals surface area contributed by atoms with Crippen LogP contribution in [0.25, 0.3) is 0 Å². The summed E-state index contributed by atoms with van der Waals surface area (Å²) in [6.07, 6.45) is 2.61. The molecule has 1 aliphatic rings. The van der Waals surface area contributed by atoms with Gasteiger partial charge in [-0.1, -0.05) is 0 Å². The average molecular weight is 378 g/mol. The number of carbonyl (C=O) groups is 3. The lowest BCUT2D eigenvalue weighted by Gasteiger charge is -2.20. The number of amides is 1. The van der Waals surface area contributed by atoms with E-state index in [4.69, 9.17) is 14.2 Å². The maximum atomic E-state index is 12.4. The zero-order valence-electron chi connectivity index (χ0n) is 16.4. The van der Waals surface area contributed by atoms with Crippen molar-refractivity contribution in [2.75, 3.05) is 20.3 Å². The summed E-state index contributed by atoms with van der Waals surface area (Å²) in [6, 6.07) is 1.37. The minimum atomic E-state index is -0.663. The molecule has 0 bridgehead atoms. The molecule has 0 spiro atoms. The molecule has 1 fully saturated rings. The van der Waals surface area contributed by atoms with E-state index >= 15 is 0 Å². The van der Waals surface area contributed by atoms with Gasteiger partial charge in [0.15, 0.2) is 0 Å². The second-order valence-electron chi connectivity index (χ2n) is 7.46. The van der Waals surface area contributed by atoms with Gasteiger partial charge in [-0.15, -0.1) is 0 Å². The molecule has 148 valence electrons. The average Bonchev–Trinajstić information content (AvgIpc) is 3.39. The van der Waals surface area contributed by atoms with Crippen LogP contribution in [0.4, 0.5) is 0 Å². The van der Waals surface area contributed by atoms with E-state index in [2.05, 4.69) is 10.3 Å². The molecule has 0 aliphatic heterocycles. The highest BCUT2D eigenvalue weighted by molar-refractivity contribution is 5.96. The molecule has 1 saturated carbocycles. The van der Waals surface area contributed by atoms with Crippen LogP contribution >= 0.6 is 0 Å². The third-order valence-electron chi connectivity index (χ3n) is 4.09. The Hall–Kier alpha value is -2.64. The minimum Gasteiger partial charge on any atom is -0.496 e. The first-order valence-corrected chi connectivity index (χ1v) is 8.84. The van der Waals surface area contributed by atoms with Crippen molar-refractivity contribution in [2.24, 2.45) is 5.41 Å². The molecule has 0 saturated heterocycles. The smallest absolute Gasteiger partial charge is 0.344 e. The summed E-state index contributed by atoms with van der Waals surface area (Å²) >= 11 is 0. The van der Waals surface area contributed by atoms with E-state index in [9.17, 15) is 14.4 Å². The Morgan fingerprint density at radius 1 is 1.26 bits per heavy atom. The standard InChI is InChI=1S/C19H26N2O6/c1-6-26-17(24)19(7-8-19)11-21-15(22)13-9-14(25-5)12(10-20-13)16(23)27-18(2,3)4/h9-10H,6-8,11H2,1-5H3,(H,21,22). The Labute approximate surface area is 158 Å². The van der Waals surface area contributed by atoms with Crippen molar-refractivity contribution in [3.8, 4) is 5.75 Å². The van der Waals surface area contributed by atoms with Crippen molar-refractivity contribution in [3.05, 3.63) is 23.5 Å². The van der Waals surface area contributed by atoms with Crippen LogP contribution < -0.4 is 10.1 Å². The fourth-order valence-electron chi connectivity index (χ4n) is 2.44. The van der Waals surface area contributed by atoms with Crippen LogP contribution in [0.1, 0.15) is 61.4 Å². The number of pyridine rings is 1. The molecule has 1 heterocycles. The van der Waals surface area contributed by atoms with E-state index in [0.717, 1.165) is 0 Å². The Balaban J connectivity index is 2.07. The number of nitrogens with zero attached hydrogens (tertiary/aromatic N) is 1. The lowest BCUT2D eigenvalue weighted by Crippen LogP contribution is -2.35. The van der Waals surface area contributed by atoms with Gasteiger partial charge < -0.3 is 19.5 Å². The highest BCUT2D eigenvalue weighted by Gasteiger charge is 2.51. The van der Waals surface area contributed by atoms with Gasteiger partial charge >= 0.3 is 11.9 Å². The molecule has 1 aromatic heterocycles. The summed E-state index contributed by atoms with van der Waals surface area (Å²) in [5, 5.41) is 2.71. The lowest BCUT2D eigenvalue weighted by atomic mass is 10.1. The summed E-state index contributed by atoms with van der Waals surface area (Å²) in [4.78, 5) is 40.6. The highest BCUT2D eigenvalue weighted by atomic mass is 16.6. The predicted octanol–water partition coefficient (Wildman–Crippen LogP) is 2.12. The highest BCUT2D eigenvalue weighted by Crippen LogP contribution is 2.46. The Bertz CT molecular complexity index is 734. The van der Waals surface area contributed by atoms with Crippen molar-refractivity contribution >= 4 is 17.8 Å². The van der Waals surface area contributed by atoms with Gasteiger partial charge in [-0.25, -0.2) is 9.78 Å². The topological polar surface area (TPSA) is 104 Å². The number of hydrogen-bond donors (Lipinski definition) is 1. The fourth-order valence-corrected chi connectivity index (χ4v) is 2.44. The SMILES string of the molecule is CCOC(=O)C1(CNC(=O)c2cc(OC)c(C(=O)OC(C)(C)C)cn2)CC1. The maximum absolute atomic E-state index is 12.4. The number of carbonyl (C=O) groups excluding carboxylic acids is 3. The zero-order chi connectivity index (χ0) is 20.2. The van der Waals surface area contributed by atoms with E-state index in [-0.39, 0.29) is 29.5 Å². The Morgan fingerprint density at radius 3 is 2.44 bits per heavy atom. The Kier molecular flexibility index (Phi) is 6.08. The number of hydrogen-bond acceptors (Lipinski definition) is 7. The normalized spacial score (nSPS) is 14.9. The summed E-state index contributed by atoms with van der Waals surface area (Å²) in [7, 11) is 1.39. The molecule has 27 heavy (non-hydrogen) atoms. The zero-order valence-corrected chi connectivity index (χ0v) is 16.4. The lowest BCUT2D eigenvalue weighted by molar-refractivity contribution is -0.149. The second-order valence-corrected chi connectivity index (χ2v) is 7.46. The van der Waals surface area contributed by atoms with E-state index in [0.29, 0.717) is 19.4 Å². The second kappa shape index (κ2) is 7.94. The molecule has 1 N–H and O–H groups in total. The summed E-state index contributed by atoms with van der Waals surface area (Å²) in [6.45, 7) is 7.49. The van der Waals surface area contributed by atoms with Gasteiger partial charge in [-0.05, 0) is 40.5 Å². The molecular weight excluding hydrogens is 352 g/mol. The van der Waals surface area contributed by atoms with Crippen molar-refractivity contribution in [1.82, 2.24) is 10.3 Å². The van der Waals surface area contributed by atoms with Crippen LogP contribution in [-0.2, 0) is 14.3 Å². The maximum Gasteiger partial charge on any atom is 0.344 e. The van der Waals surface area contributed by atoms with Gasteiger partial charge in [0.1, 0.15) is 22.6 Å². The van der Waals surface area contributed by atoms with Crippen molar-refractivity contribution < 1.29 is 28.6 Å².